The van der Waals surface area contributed by atoms with Gasteiger partial charge in [0.15, 0.2) is 0 Å². The number of nitrogens with zero attached hydrogens (tertiary/aromatic N) is 3. The monoisotopic (exact) mass is 1120 g/mol. The molecule has 42 heavy (non-hydrogen) atoms. The molecule has 0 spiro atoms. The van der Waals surface area contributed by atoms with Crippen molar-refractivity contribution in [2.45, 2.75) is 0 Å². The van der Waals surface area contributed by atoms with Gasteiger partial charge in [0.2, 0.25) is 0 Å². The molecule has 0 aromatic heterocycles. The molecular formula is C21H27N3O15Re3-9. The number of hydrogen-bond acceptors (Lipinski definition) is 15. The summed E-state index contributed by atoms with van der Waals surface area (Å²) in [6.45, 7) is 40.8. The van der Waals surface area contributed by atoms with Crippen LogP contribution < -0.4 is 0 Å². The molecular weight excluding hydrogens is 1090 g/mol. The summed E-state index contributed by atoms with van der Waals surface area (Å²) in [4.78, 5) is 102. The van der Waals surface area contributed by atoms with Gasteiger partial charge < -0.3 is 120 Å². The summed E-state index contributed by atoms with van der Waals surface area (Å²) in [6, 6.07) is 0. The van der Waals surface area contributed by atoms with Gasteiger partial charge in [0, 0.05) is 61.3 Å². The molecule has 18 nitrogen and oxygen atoms in total. The zero-order valence-electron chi connectivity index (χ0n) is 22.8. The van der Waals surface area contributed by atoms with Crippen LogP contribution in [0.25, 0.3) is 0 Å². The minimum absolute atomic E-state index is 0. The fourth-order valence-electron chi connectivity index (χ4n) is 0.812. The van der Waals surface area contributed by atoms with Gasteiger partial charge in [-0.1, -0.05) is 0 Å². The van der Waals surface area contributed by atoms with Crippen molar-refractivity contribution in [3.05, 3.63) is 0 Å². The van der Waals surface area contributed by atoms with Crippen LogP contribution in [-0.2, 0) is 119 Å². The number of rotatable bonds is 6. The van der Waals surface area contributed by atoms with E-state index in [9.17, 15) is 14.4 Å². The summed E-state index contributed by atoms with van der Waals surface area (Å²) in [7, 11) is 10.3. The third kappa shape index (κ3) is 568. The van der Waals surface area contributed by atoms with E-state index in [1.165, 1.54) is 0 Å². The van der Waals surface area contributed by atoms with Gasteiger partial charge in [0.1, 0.15) is 0 Å². The molecule has 0 aromatic carbocycles. The largest absolute Gasteiger partial charge is 0.573 e. The van der Waals surface area contributed by atoms with Crippen LogP contribution in [-0.4, -0.2) is 171 Å². The Hall–Kier alpha value is -2.69. The molecule has 0 aliphatic rings. The zero-order chi connectivity index (χ0) is 35.6. The van der Waals surface area contributed by atoms with Crippen LogP contribution in [0.2, 0.25) is 0 Å². The van der Waals surface area contributed by atoms with Crippen molar-refractivity contribution < 1.29 is 134 Å². The number of carboxylic acids is 3. The Morgan fingerprint density at radius 2 is 0.429 bits per heavy atom. The molecule has 21 heteroatoms. The van der Waals surface area contributed by atoms with Gasteiger partial charge in [-0.25, -0.2) is 0 Å². The number of likely N-dealkylation sites (N-methyl/N-ethyl adjacent to an activating group) is 3. The Labute approximate surface area is 288 Å². The molecule has 0 amide bonds. The van der Waals surface area contributed by atoms with Crippen LogP contribution in [0.5, 0.6) is 0 Å². The Morgan fingerprint density at radius 3 is 0.429 bits per heavy atom. The van der Waals surface area contributed by atoms with E-state index in [2.05, 4.69) is 61.1 Å². The average Bonchev–Trinajstić information content (AvgIpc) is 2.93. The smallest absolute Gasteiger partial charge is 0.317 e. The summed E-state index contributed by atoms with van der Waals surface area (Å²) in [5.41, 5.74) is 0. The fourth-order valence-corrected chi connectivity index (χ4v) is 0.812. The molecule has 0 rings (SSSR count). The number of carboxylic acid groups (broad SMARTS) is 3. The van der Waals surface area contributed by atoms with Crippen LogP contribution >= 0.6 is 0 Å². The first-order valence-electron chi connectivity index (χ1n) is 7.81. The van der Waals surface area contributed by atoms with Crippen molar-refractivity contribution >= 4 is 79.0 Å². The summed E-state index contributed by atoms with van der Waals surface area (Å²) >= 11 is 0. The molecule has 0 atom stereocenters. The van der Waals surface area contributed by atoms with E-state index >= 15 is 0 Å². The second-order valence-electron chi connectivity index (χ2n) is 4.89. The molecule has 246 valence electrons. The molecule has 0 aliphatic carbocycles. The first-order chi connectivity index (χ1) is 18.4. The van der Waals surface area contributed by atoms with Crippen LogP contribution in [0.15, 0.2) is 0 Å². The summed E-state index contributed by atoms with van der Waals surface area (Å²) in [5.74, 6) is -2.36. The zero-order valence-corrected chi connectivity index (χ0v) is 31.0. The van der Waals surface area contributed by atoms with Gasteiger partial charge >= 0.3 is 17.9 Å². The maximum atomic E-state index is 9.77. The van der Waals surface area contributed by atoms with Gasteiger partial charge in [-0.2, -0.15) is 0 Å². The molecule has 0 saturated carbocycles. The van der Waals surface area contributed by atoms with E-state index in [4.69, 9.17) is 58.5 Å². The molecule has 3 N–H and O–H groups in total. The molecule has 0 bridgehead atoms. The third-order valence-electron chi connectivity index (χ3n) is 1.35. The topological polar surface area (TPSA) is 275 Å². The van der Waals surface area contributed by atoms with Gasteiger partial charge in [-0.3, -0.25) is 29.1 Å². The van der Waals surface area contributed by atoms with Crippen molar-refractivity contribution in [3.63, 3.8) is 0 Å². The van der Waals surface area contributed by atoms with Crippen LogP contribution in [0.3, 0.4) is 0 Å². The molecule has 0 saturated heterocycles. The maximum Gasteiger partial charge on any atom is 0.317 e. The number of aliphatic carboxylic acids is 3. The van der Waals surface area contributed by atoms with Crippen LogP contribution in [0.4, 0.5) is 0 Å². The van der Waals surface area contributed by atoms with E-state index in [-0.39, 0.29) is 80.9 Å². The third-order valence-corrected chi connectivity index (χ3v) is 1.35. The second-order valence-corrected chi connectivity index (χ2v) is 4.89. The van der Waals surface area contributed by atoms with Crippen molar-refractivity contribution in [2.24, 2.45) is 0 Å². The minimum atomic E-state index is -0.787. The molecule has 0 aromatic rings. The minimum Gasteiger partial charge on any atom is -0.573 e. The van der Waals surface area contributed by atoms with Crippen molar-refractivity contribution in [2.75, 3.05) is 61.9 Å². The van der Waals surface area contributed by atoms with E-state index in [1.54, 1.807) is 57.0 Å². The molecule has 0 fully saturated rings. The summed E-state index contributed by atoms with van der Waals surface area (Å²) in [6.07, 6.45) is 0. The van der Waals surface area contributed by atoms with Gasteiger partial charge in [0.05, 0.1) is 19.6 Å². The quantitative estimate of drug-likeness (QED) is 0.211. The molecule has 12 radical (unpaired) electrons. The van der Waals surface area contributed by atoms with E-state index < -0.39 is 17.9 Å². The SMILES string of the molecule is CN(C)CC(=O)O.CN(C)CC(=O)O.CN(C)CC(=O)O.[C-]=O.[C-]=O.[C-]=O.[C-]=O.[C-]=O.[C-]=O.[C-]=O.[C-]=O.[C-]=O.[Re].[Re].[Re]. The van der Waals surface area contributed by atoms with Crippen LogP contribution in [0.1, 0.15) is 0 Å². The summed E-state index contributed by atoms with van der Waals surface area (Å²) < 4.78 is 0. The first-order valence-corrected chi connectivity index (χ1v) is 7.81. The number of hydrogen-bond donors (Lipinski definition) is 3. The fraction of sp³-hybridized carbons (Fsp3) is 0.429. The normalized spacial score (nSPS) is 5.64. The van der Waals surface area contributed by atoms with Crippen molar-refractivity contribution in [1.82, 2.24) is 14.7 Å². The van der Waals surface area contributed by atoms with Gasteiger partial charge in [-0.05, 0) is 42.3 Å². The van der Waals surface area contributed by atoms with E-state index in [0.717, 1.165) is 0 Å². The standard InChI is InChI=1S/3C4H9NO2.9CO.3Re/c3*1-5(2)3-4(6)7;9*1-2;;;/h3*3H2,1-2H3,(H,6,7);;;;;;;;;;;;/q;;;9*-1;;;. The average molecular weight is 1120 g/mol. The molecule has 0 unspecified atom stereocenters. The van der Waals surface area contributed by atoms with Gasteiger partial charge in [0.25, 0.3) is 0 Å². The second kappa shape index (κ2) is 159. The van der Waals surface area contributed by atoms with Gasteiger partial charge in [-0.15, -0.1) is 0 Å². The first kappa shape index (κ1) is 97.6. The maximum absolute atomic E-state index is 9.77. The Bertz CT molecular complexity index is 384. The van der Waals surface area contributed by atoms with Crippen molar-refractivity contribution in [1.29, 1.82) is 0 Å². The Kier molecular flexibility index (Phi) is 370. The predicted molar refractivity (Wildman–Crippen MR) is 130 cm³/mol. The molecule has 0 heterocycles. The van der Waals surface area contributed by atoms with E-state index in [1.807, 2.05) is 0 Å². The predicted octanol–water partition coefficient (Wildman–Crippen LogP) is -4.68. The Morgan fingerprint density at radius 1 is 0.357 bits per heavy atom. The number of carbonyl (C=O) groups is 3. The van der Waals surface area contributed by atoms with Crippen molar-refractivity contribution in [3.8, 4) is 0 Å². The number of carbonyl (C=O) groups excluding carboxylic acids is 9. The van der Waals surface area contributed by atoms with Crippen LogP contribution in [0, 0.1) is 0 Å². The molecule has 0 aliphatic heterocycles. The van der Waals surface area contributed by atoms with E-state index in [0.29, 0.717) is 0 Å². The Balaban J connectivity index is -0.0000000154. The summed E-state index contributed by atoms with van der Waals surface area (Å²) in [5, 5.41) is 24.1.